The molecule has 25 heavy (non-hydrogen) atoms. The van der Waals surface area contributed by atoms with Crippen molar-refractivity contribution in [3.05, 3.63) is 65.2 Å². The molecular weight excluding hydrogens is 324 g/mol. The summed E-state index contributed by atoms with van der Waals surface area (Å²) < 4.78 is 4.95. The molecule has 3 rings (SSSR count). The number of nitrogens with one attached hydrogen (secondary N) is 1. The predicted octanol–water partition coefficient (Wildman–Crippen LogP) is 1.71. The van der Waals surface area contributed by atoms with Gasteiger partial charge in [-0.3, -0.25) is 19.3 Å². The van der Waals surface area contributed by atoms with Gasteiger partial charge in [-0.15, -0.1) is 0 Å². The molecule has 1 aliphatic heterocycles. The number of para-hydroxylation sites is 1. The summed E-state index contributed by atoms with van der Waals surface area (Å²) in [5.74, 6) is -2.12. The van der Waals surface area contributed by atoms with Gasteiger partial charge in [-0.2, -0.15) is 0 Å². The Morgan fingerprint density at radius 2 is 1.68 bits per heavy atom. The Labute approximate surface area is 143 Å². The van der Waals surface area contributed by atoms with Crippen LogP contribution in [0.1, 0.15) is 31.1 Å². The number of hydrogen-bond donors (Lipinski definition) is 1. The van der Waals surface area contributed by atoms with Gasteiger partial charge >= 0.3 is 5.97 Å². The minimum atomic E-state index is -0.749. The zero-order chi connectivity index (χ0) is 18.0. The van der Waals surface area contributed by atoms with E-state index >= 15 is 0 Å². The van der Waals surface area contributed by atoms with E-state index in [0.29, 0.717) is 5.69 Å². The standard InChI is InChI=1S/C18H14N2O5/c1-20-16(22)13-8-7-11(9-14(13)17(20)23)18(24)25-10-15(21)19-12-5-3-2-4-6-12/h2-9H,10H2,1H3,(H,19,21). The molecule has 2 aromatic carbocycles. The predicted molar refractivity (Wildman–Crippen MR) is 88.2 cm³/mol. The van der Waals surface area contributed by atoms with Gasteiger partial charge in [-0.05, 0) is 30.3 Å². The van der Waals surface area contributed by atoms with Crippen molar-refractivity contribution in [1.82, 2.24) is 4.90 Å². The number of esters is 1. The highest BCUT2D eigenvalue weighted by atomic mass is 16.5. The topological polar surface area (TPSA) is 92.8 Å². The van der Waals surface area contributed by atoms with E-state index in [1.165, 1.54) is 25.2 Å². The molecule has 126 valence electrons. The van der Waals surface area contributed by atoms with Crippen LogP contribution in [0.4, 0.5) is 5.69 Å². The van der Waals surface area contributed by atoms with E-state index in [0.717, 1.165) is 4.90 Å². The van der Waals surface area contributed by atoms with Crippen molar-refractivity contribution < 1.29 is 23.9 Å². The van der Waals surface area contributed by atoms with Crippen LogP contribution in [-0.4, -0.2) is 42.2 Å². The van der Waals surface area contributed by atoms with Crippen molar-refractivity contribution in [2.24, 2.45) is 0 Å². The second-order valence-corrected chi connectivity index (χ2v) is 5.42. The minimum absolute atomic E-state index is 0.0997. The molecule has 1 aliphatic rings. The Balaban J connectivity index is 1.64. The number of imide groups is 1. The molecule has 0 saturated heterocycles. The van der Waals surface area contributed by atoms with Gasteiger partial charge in [0.1, 0.15) is 0 Å². The molecular formula is C18H14N2O5. The zero-order valence-corrected chi connectivity index (χ0v) is 13.3. The smallest absolute Gasteiger partial charge is 0.338 e. The second-order valence-electron chi connectivity index (χ2n) is 5.42. The highest BCUT2D eigenvalue weighted by Crippen LogP contribution is 2.23. The maximum Gasteiger partial charge on any atom is 0.338 e. The van der Waals surface area contributed by atoms with Gasteiger partial charge in [0.25, 0.3) is 17.7 Å². The summed E-state index contributed by atoms with van der Waals surface area (Å²) in [5, 5.41) is 2.59. The number of rotatable bonds is 4. The Morgan fingerprint density at radius 1 is 1.00 bits per heavy atom. The highest BCUT2D eigenvalue weighted by Gasteiger charge is 2.33. The largest absolute Gasteiger partial charge is 0.452 e. The molecule has 0 atom stereocenters. The lowest BCUT2D eigenvalue weighted by molar-refractivity contribution is -0.119. The van der Waals surface area contributed by atoms with Gasteiger partial charge in [0.2, 0.25) is 0 Å². The third-order valence-corrected chi connectivity index (χ3v) is 3.72. The second kappa shape index (κ2) is 6.56. The molecule has 1 heterocycles. The molecule has 0 unspecified atom stereocenters. The van der Waals surface area contributed by atoms with Crippen molar-refractivity contribution in [3.8, 4) is 0 Å². The third-order valence-electron chi connectivity index (χ3n) is 3.72. The molecule has 0 fully saturated rings. The Kier molecular flexibility index (Phi) is 4.30. The molecule has 0 aliphatic carbocycles. The van der Waals surface area contributed by atoms with Crippen LogP contribution in [0.15, 0.2) is 48.5 Å². The normalized spacial score (nSPS) is 12.8. The van der Waals surface area contributed by atoms with Crippen LogP contribution in [0.3, 0.4) is 0 Å². The van der Waals surface area contributed by atoms with E-state index in [2.05, 4.69) is 5.32 Å². The van der Waals surface area contributed by atoms with E-state index in [1.807, 2.05) is 6.07 Å². The monoisotopic (exact) mass is 338 g/mol. The van der Waals surface area contributed by atoms with Gasteiger partial charge in [0, 0.05) is 12.7 Å². The first-order valence-electron chi connectivity index (χ1n) is 7.46. The van der Waals surface area contributed by atoms with Crippen molar-refractivity contribution in [2.75, 3.05) is 19.0 Å². The van der Waals surface area contributed by atoms with Gasteiger partial charge in [0.05, 0.1) is 16.7 Å². The SMILES string of the molecule is CN1C(=O)c2ccc(C(=O)OCC(=O)Nc3ccccc3)cc2C1=O. The zero-order valence-electron chi connectivity index (χ0n) is 13.3. The Morgan fingerprint density at radius 3 is 2.40 bits per heavy atom. The molecule has 0 radical (unpaired) electrons. The van der Waals surface area contributed by atoms with Crippen molar-refractivity contribution in [3.63, 3.8) is 0 Å². The van der Waals surface area contributed by atoms with Crippen molar-refractivity contribution in [1.29, 1.82) is 0 Å². The minimum Gasteiger partial charge on any atom is -0.452 e. The highest BCUT2D eigenvalue weighted by molar-refractivity contribution is 6.21. The Bertz CT molecular complexity index is 876. The Hall–Kier alpha value is -3.48. The van der Waals surface area contributed by atoms with Crippen LogP contribution in [0, 0.1) is 0 Å². The summed E-state index contributed by atoms with van der Waals surface area (Å²) >= 11 is 0. The van der Waals surface area contributed by atoms with Crippen LogP contribution < -0.4 is 5.32 Å². The first kappa shape index (κ1) is 16.4. The molecule has 1 N–H and O–H groups in total. The fourth-order valence-corrected chi connectivity index (χ4v) is 2.42. The number of amides is 3. The number of nitrogens with zero attached hydrogens (tertiary/aromatic N) is 1. The summed E-state index contributed by atoms with van der Waals surface area (Å²) in [6, 6.07) is 12.9. The number of benzene rings is 2. The lowest BCUT2D eigenvalue weighted by atomic mass is 10.1. The first-order valence-corrected chi connectivity index (χ1v) is 7.46. The lowest BCUT2D eigenvalue weighted by Gasteiger charge is -2.07. The number of anilines is 1. The molecule has 0 saturated carbocycles. The molecule has 0 spiro atoms. The summed E-state index contributed by atoms with van der Waals surface area (Å²) in [6.45, 7) is -0.461. The summed E-state index contributed by atoms with van der Waals surface area (Å²) in [5.41, 5.74) is 1.08. The average Bonchev–Trinajstić information content (AvgIpc) is 2.84. The van der Waals surface area contributed by atoms with Gasteiger partial charge < -0.3 is 10.1 Å². The van der Waals surface area contributed by atoms with Gasteiger partial charge in [0.15, 0.2) is 6.61 Å². The van der Waals surface area contributed by atoms with E-state index in [1.54, 1.807) is 24.3 Å². The molecule has 0 aromatic heterocycles. The molecule has 2 aromatic rings. The average molecular weight is 338 g/mol. The molecule has 0 bridgehead atoms. The van der Waals surface area contributed by atoms with E-state index in [-0.39, 0.29) is 16.7 Å². The number of carbonyl (C=O) groups is 4. The third kappa shape index (κ3) is 3.25. The fourth-order valence-electron chi connectivity index (χ4n) is 2.42. The quantitative estimate of drug-likeness (QED) is 0.677. The van der Waals surface area contributed by atoms with E-state index in [9.17, 15) is 19.2 Å². The maximum absolute atomic E-state index is 12.1. The summed E-state index contributed by atoms with van der Waals surface area (Å²) in [4.78, 5) is 48.6. The van der Waals surface area contributed by atoms with E-state index < -0.39 is 30.3 Å². The number of fused-ring (bicyclic) bond motifs is 1. The first-order chi connectivity index (χ1) is 12.0. The van der Waals surface area contributed by atoms with Crippen molar-refractivity contribution in [2.45, 2.75) is 0 Å². The summed E-state index contributed by atoms with van der Waals surface area (Å²) in [6.07, 6.45) is 0. The van der Waals surface area contributed by atoms with Crippen LogP contribution in [0.25, 0.3) is 0 Å². The molecule has 7 heteroatoms. The molecule has 7 nitrogen and oxygen atoms in total. The van der Waals surface area contributed by atoms with Crippen LogP contribution in [0.2, 0.25) is 0 Å². The van der Waals surface area contributed by atoms with Crippen LogP contribution >= 0.6 is 0 Å². The van der Waals surface area contributed by atoms with Crippen molar-refractivity contribution >= 4 is 29.4 Å². The number of ether oxygens (including phenoxy) is 1. The van der Waals surface area contributed by atoms with Crippen LogP contribution in [0.5, 0.6) is 0 Å². The van der Waals surface area contributed by atoms with Gasteiger partial charge in [-0.25, -0.2) is 4.79 Å². The maximum atomic E-state index is 12.1. The molecule has 3 amide bonds. The number of hydrogen-bond acceptors (Lipinski definition) is 5. The summed E-state index contributed by atoms with van der Waals surface area (Å²) in [7, 11) is 1.37. The van der Waals surface area contributed by atoms with Crippen LogP contribution in [-0.2, 0) is 9.53 Å². The van der Waals surface area contributed by atoms with Gasteiger partial charge in [-0.1, -0.05) is 18.2 Å². The lowest BCUT2D eigenvalue weighted by Crippen LogP contribution is -2.24. The van der Waals surface area contributed by atoms with E-state index in [4.69, 9.17) is 4.74 Å². The fraction of sp³-hybridized carbons (Fsp3) is 0.111. The number of carbonyl (C=O) groups excluding carboxylic acids is 4.